The molecule has 0 aliphatic rings. The third-order valence-electron chi connectivity index (χ3n) is 3.96. The lowest BCUT2D eigenvalue weighted by molar-refractivity contribution is -0.131. The highest BCUT2D eigenvalue weighted by Gasteiger charge is 2.22. The van der Waals surface area contributed by atoms with E-state index in [2.05, 4.69) is 31.2 Å². The standard InChI is InChI=1S/C19H24N2O.ClH/c1-3-15-9-11-16(12-10-15)14-21(2)19(22)18(13-20)17-7-5-4-6-8-17;/h4-12,18H,3,13-14,20H2,1-2H3;1H. The maximum absolute atomic E-state index is 12.6. The monoisotopic (exact) mass is 332 g/mol. The van der Waals surface area contributed by atoms with Crippen LogP contribution < -0.4 is 5.73 Å². The zero-order valence-electron chi connectivity index (χ0n) is 13.7. The van der Waals surface area contributed by atoms with Crippen molar-refractivity contribution in [2.45, 2.75) is 25.8 Å². The van der Waals surface area contributed by atoms with Crippen LogP contribution in [0.4, 0.5) is 0 Å². The summed E-state index contributed by atoms with van der Waals surface area (Å²) in [6, 6.07) is 18.1. The summed E-state index contributed by atoms with van der Waals surface area (Å²) in [5.41, 5.74) is 9.25. The molecule has 0 saturated carbocycles. The first kappa shape index (κ1) is 19.2. The zero-order valence-corrected chi connectivity index (χ0v) is 14.6. The topological polar surface area (TPSA) is 46.3 Å². The minimum absolute atomic E-state index is 0. The molecule has 2 N–H and O–H groups in total. The Bertz CT molecular complexity index is 599. The molecule has 124 valence electrons. The minimum Gasteiger partial charge on any atom is -0.341 e. The molecule has 2 rings (SSSR count). The van der Waals surface area contributed by atoms with Crippen molar-refractivity contribution in [3.8, 4) is 0 Å². The van der Waals surface area contributed by atoms with Gasteiger partial charge in [-0.3, -0.25) is 4.79 Å². The van der Waals surface area contributed by atoms with Crippen LogP contribution in [0.25, 0.3) is 0 Å². The summed E-state index contributed by atoms with van der Waals surface area (Å²) in [4.78, 5) is 14.4. The minimum atomic E-state index is -0.277. The van der Waals surface area contributed by atoms with Crippen molar-refractivity contribution in [1.29, 1.82) is 0 Å². The van der Waals surface area contributed by atoms with Crippen LogP contribution in [0.5, 0.6) is 0 Å². The summed E-state index contributed by atoms with van der Waals surface area (Å²) in [7, 11) is 1.83. The lowest BCUT2D eigenvalue weighted by Crippen LogP contribution is -2.34. The summed E-state index contributed by atoms with van der Waals surface area (Å²) >= 11 is 0. The Balaban J connectivity index is 0.00000264. The van der Waals surface area contributed by atoms with Gasteiger partial charge < -0.3 is 10.6 Å². The first-order chi connectivity index (χ1) is 10.7. The van der Waals surface area contributed by atoms with Crippen molar-refractivity contribution in [1.82, 2.24) is 4.90 Å². The van der Waals surface area contributed by atoms with Gasteiger partial charge in [0, 0.05) is 20.1 Å². The second kappa shape index (κ2) is 9.33. The van der Waals surface area contributed by atoms with E-state index in [-0.39, 0.29) is 24.2 Å². The van der Waals surface area contributed by atoms with E-state index >= 15 is 0 Å². The Morgan fingerprint density at radius 2 is 1.61 bits per heavy atom. The summed E-state index contributed by atoms with van der Waals surface area (Å²) in [5, 5.41) is 0. The van der Waals surface area contributed by atoms with Gasteiger partial charge in [0.1, 0.15) is 0 Å². The number of nitrogens with zero attached hydrogens (tertiary/aromatic N) is 1. The lowest BCUT2D eigenvalue weighted by atomic mass is 9.97. The van der Waals surface area contributed by atoms with Crippen LogP contribution in [-0.4, -0.2) is 24.4 Å². The number of aryl methyl sites for hydroxylation is 1. The molecule has 0 fully saturated rings. The molecule has 1 unspecified atom stereocenters. The molecule has 4 heteroatoms. The van der Waals surface area contributed by atoms with E-state index in [1.165, 1.54) is 5.56 Å². The maximum Gasteiger partial charge on any atom is 0.231 e. The molecule has 1 atom stereocenters. The van der Waals surface area contributed by atoms with Crippen molar-refractivity contribution < 1.29 is 4.79 Å². The summed E-state index contributed by atoms with van der Waals surface area (Å²) < 4.78 is 0. The number of likely N-dealkylation sites (N-methyl/N-ethyl adjacent to an activating group) is 1. The first-order valence-electron chi connectivity index (χ1n) is 7.73. The smallest absolute Gasteiger partial charge is 0.231 e. The first-order valence-corrected chi connectivity index (χ1v) is 7.73. The van der Waals surface area contributed by atoms with Crippen molar-refractivity contribution in [3.05, 3.63) is 71.3 Å². The predicted molar refractivity (Wildman–Crippen MR) is 97.8 cm³/mol. The van der Waals surface area contributed by atoms with Crippen molar-refractivity contribution in [3.63, 3.8) is 0 Å². The zero-order chi connectivity index (χ0) is 15.9. The van der Waals surface area contributed by atoms with E-state index < -0.39 is 0 Å². The number of halogens is 1. The molecule has 2 aromatic carbocycles. The molecule has 0 saturated heterocycles. The number of nitrogens with two attached hydrogens (primary N) is 1. The molecule has 0 aliphatic heterocycles. The highest BCUT2D eigenvalue weighted by Crippen LogP contribution is 2.18. The number of rotatable bonds is 6. The molecule has 0 aromatic heterocycles. The van der Waals surface area contributed by atoms with Gasteiger partial charge in [-0.25, -0.2) is 0 Å². The molecule has 0 spiro atoms. The van der Waals surface area contributed by atoms with E-state index in [1.807, 2.05) is 37.4 Å². The number of benzene rings is 2. The van der Waals surface area contributed by atoms with Gasteiger partial charge in [-0.05, 0) is 23.1 Å². The quantitative estimate of drug-likeness (QED) is 0.881. The fourth-order valence-corrected chi connectivity index (χ4v) is 2.56. The van der Waals surface area contributed by atoms with Crippen molar-refractivity contribution >= 4 is 18.3 Å². The van der Waals surface area contributed by atoms with Gasteiger partial charge in [0.25, 0.3) is 0 Å². The number of carbonyl (C=O) groups is 1. The molecule has 2 aromatic rings. The number of hydrogen-bond donors (Lipinski definition) is 1. The van der Waals surface area contributed by atoms with Gasteiger partial charge in [0.2, 0.25) is 5.91 Å². The van der Waals surface area contributed by atoms with Crippen LogP contribution in [-0.2, 0) is 17.8 Å². The van der Waals surface area contributed by atoms with Crippen LogP contribution in [0.2, 0.25) is 0 Å². The highest BCUT2D eigenvalue weighted by atomic mass is 35.5. The van der Waals surface area contributed by atoms with Crippen molar-refractivity contribution in [2.24, 2.45) is 5.73 Å². The third kappa shape index (κ3) is 5.08. The summed E-state index contributed by atoms with van der Waals surface area (Å²) in [6.07, 6.45) is 1.03. The van der Waals surface area contributed by atoms with Crippen LogP contribution in [0.15, 0.2) is 54.6 Å². The maximum atomic E-state index is 12.6. The van der Waals surface area contributed by atoms with Gasteiger partial charge in [-0.2, -0.15) is 0 Å². The van der Waals surface area contributed by atoms with Gasteiger partial charge in [0.15, 0.2) is 0 Å². The molecular weight excluding hydrogens is 308 g/mol. The normalized spacial score (nSPS) is 11.4. The molecule has 0 bridgehead atoms. The summed E-state index contributed by atoms with van der Waals surface area (Å²) in [6.45, 7) is 3.06. The highest BCUT2D eigenvalue weighted by molar-refractivity contribution is 5.85. The van der Waals surface area contributed by atoms with Crippen LogP contribution >= 0.6 is 12.4 Å². The third-order valence-corrected chi connectivity index (χ3v) is 3.96. The van der Waals surface area contributed by atoms with Gasteiger partial charge in [0.05, 0.1) is 5.92 Å². The van der Waals surface area contributed by atoms with E-state index in [0.717, 1.165) is 17.5 Å². The van der Waals surface area contributed by atoms with Crippen LogP contribution in [0.3, 0.4) is 0 Å². The second-order valence-corrected chi connectivity index (χ2v) is 5.56. The van der Waals surface area contributed by atoms with Gasteiger partial charge in [-0.15, -0.1) is 12.4 Å². The molecule has 0 aliphatic carbocycles. The second-order valence-electron chi connectivity index (χ2n) is 5.56. The Hall–Kier alpha value is -1.84. The van der Waals surface area contributed by atoms with E-state index in [4.69, 9.17) is 5.73 Å². The van der Waals surface area contributed by atoms with Crippen molar-refractivity contribution in [2.75, 3.05) is 13.6 Å². The average Bonchev–Trinajstić information content (AvgIpc) is 2.57. The average molecular weight is 333 g/mol. The molecule has 1 amide bonds. The summed E-state index contributed by atoms with van der Waals surface area (Å²) in [5.74, 6) is -0.214. The molecule has 0 radical (unpaired) electrons. The number of hydrogen-bond acceptors (Lipinski definition) is 2. The number of amides is 1. The van der Waals surface area contributed by atoms with Gasteiger partial charge in [-0.1, -0.05) is 61.5 Å². The molecule has 0 heterocycles. The van der Waals surface area contributed by atoms with E-state index in [1.54, 1.807) is 4.90 Å². The lowest BCUT2D eigenvalue weighted by Gasteiger charge is -2.23. The predicted octanol–water partition coefficient (Wildman–Crippen LogP) is 3.37. The Labute approximate surface area is 144 Å². The molecular formula is C19H25ClN2O. The molecule has 3 nitrogen and oxygen atoms in total. The Kier molecular flexibility index (Phi) is 7.79. The van der Waals surface area contributed by atoms with Crippen LogP contribution in [0.1, 0.15) is 29.5 Å². The largest absolute Gasteiger partial charge is 0.341 e. The van der Waals surface area contributed by atoms with Crippen LogP contribution in [0, 0.1) is 0 Å². The Morgan fingerprint density at radius 1 is 1.04 bits per heavy atom. The van der Waals surface area contributed by atoms with E-state index in [9.17, 15) is 4.79 Å². The number of carbonyl (C=O) groups excluding carboxylic acids is 1. The van der Waals surface area contributed by atoms with Gasteiger partial charge >= 0.3 is 0 Å². The van der Waals surface area contributed by atoms with E-state index in [0.29, 0.717) is 13.1 Å². The fraction of sp³-hybridized carbons (Fsp3) is 0.316. The molecule has 23 heavy (non-hydrogen) atoms. The SMILES string of the molecule is CCc1ccc(CN(C)C(=O)C(CN)c2ccccc2)cc1.Cl. The fourth-order valence-electron chi connectivity index (χ4n) is 2.56. The Morgan fingerprint density at radius 3 is 2.13 bits per heavy atom.